The molecule has 0 aliphatic carbocycles. The van der Waals surface area contributed by atoms with Gasteiger partial charge in [0.05, 0.1) is 5.52 Å². The third kappa shape index (κ3) is 2.37. The average Bonchev–Trinajstić information content (AvgIpc) is 2.31. The van der Waals surface area contributed by atoms with E-state index in [0.29, 0.717) is 0 Å². The minimum Gasteiger partial charge on any atom is -0.370 e. The van der Waals surface area contributed by atoms with Gasteiger partial charge >= 0.3 is 0 Å². The van der Waals surface area contributed by atoms with Crippen molar-refractivity contribution < 1.29 is 0 Å². The van der Waals surface area contributed by atoms with Gasteiger partial charge in [-0.2, -0.15) is 0 Å². The van der Waals surface area contributed by atoms with Crippen LogP contribution in [-0.4, -0.2) is 11.5 Å². The molecule has 2 aromatic rings. The van der Waals surface area contributed by atoms with Crippen LogP contribution in [-0.2, 0) is 6.42 Å². The second-order valence-corrected chi connectivity index (χ2v) is 4.58. The number of benzene rings is 1. The van der Waals surface area contributed by atoms with Crippen molar-refractivity contribution in [3.63, 3.8) is 0 Å². The average molecular weight is 249 g/mol. The van der Waals surface area contributed by atoms with Crippen LogP contribution >= 0.6 is 11.6 Å². The molecule has 90 valence electrons. The summed E-state index contributed by atoms with van der Waals surface area (Å²) in [6, 6.07) is 6.23. The van der Waals surface area contributed by atoms with E-state index in [1.54, 1.807) is 0 Å². The smallest absolute Gasteiger partial charge is 0.129 e. The minimum atomic E-state index is 0.775. The van der Waals surface area contributed by atoms with E-state index >= 15 is 0 Å². The molecule has 1 aromatic heterocycles. The van der Waals surface area contributed by atoms with Gasteiger partial charge in [-0.25, -0.2) is 4.98 Å². The molecule has 0 saturated heterocycles. The van der Waals surface area contributed by atoms with Crippen molar-refractivity contribution >= 4 is 28.3 Å². The summed E-state index contributed by atoms with van der Waals surface area (Å²) in [6.45, 7) is 7.12. The van der Waals surface area contributed by atoms with Gasteiger partial charge in [0.1, 0.15) is 5.82 Å². The van der Waals surface area contributed by atoms with Crippen LogP contribution in [0.4, 0.5) is 5.82 Å². The highest BCUT2D eigenvalue weighted by atomic mass is 35.5. The highest BCUT2D eigenvalue weighted by Gasteiger charge is 2.06. The lowest BCUT2D eigenvalue weighted by Crippen LogP contribution is -2.03. The topological polar surface area (TPSA) is 24.9 Å². The van der Waals surface area contributed by atoms with Crippen LogP contribution in [0.25, 0.3) is 10.9 Å². The fraction of sp³-hybridized carbons (Fsp3) is 0.357. The predicted octanol–water partition coefficient (Wildman–Crippen LogP) is 4.19. The Morgan fingerprint density at radius 2 is 2.00 bits per heavy atom. The number of fused-ring (bicyclic) bond motifs is 1. The van der Waals surface area contributed by atoms with Crippen LogP contribution in [0.5, 0.6) is 0 Å². The highest BCUT2D eigenvalue weighted by molar-refractivity contribution is 6.32. The summed E-state index contributed by atoms with van der Waals surface area (Å²) < 4.78 is 0. The number of pyridine rings is 1. The number of aromatic nitrogens is 1. The van der Waals surface area contributed by atoms with E-state index in [0.717, 1.165) is 40.3 Å². The highest BCUT2D eigenvalue weighted by Crippen LogP contribution is 2.26. The lowest BCUT2D eigenvalue weighted by atomic mass is 10.1. The third-order valence-corrected chi connectivity index (χ3v) is 3.31. The molecule has 2 nitrogen and oxygen atoms in total. The Balaban J connectivity index is 2.65. The molecule has 0 unspecified atom stereocenters. The van der Waals surface area contributed by atoms with Crippen LogP contribution in [0.3, 0.4) is 0 Å². The number of nitrogens with zero attached hydrogens (tertiary/aromatic N) is 1. The van der Waals surface area contributed by atoms with E-state index in [1.165, 1.54) is 5.56 Å². The number of anilines is 1. The van der Waals surface area contributed by atoms with Crippen molar-refractivity contribution in [3.05, 3.63) is 34.3 Å². The summed E-state index contributed by atoms with van der Waals surface area (Å²) in [7, 11) is 0. The molecular weight excluding hydrogens is 232 g/mol. The van der Waals surface area contributed by atoms with Gasteiger partial charge in [0, 0.05) is 17.0 Å². The molecule has 0 amide bonds. The number of hydrogen-bond donors (Lipinski definition) is 1. The van der Waals surface area contributed by atoms with E-state index < -0.39 is 0 Å². The molecule has 17 heavy (non-hydrogen) atoms. The van der Waals surface area contributed by atoms with Gasteiger partial charge in [0.2, 0.25) is 0 Å². The molecule has 3 heteroatoms. The van der Waals surface area contributed by atoms with Crippen LogP contribution < -0.4 is 5.32 Å². The van der Waals surface area contributed by atoms with Crippen molar-refractivity contribution in [2.45, 2.75) is 27.2 Å². The van der Waals surface area contributed by atoms with Gasteiger partial charge in [-0.05, 0) is 49.6 Å². The van der Waals surface area contributed by atoms with Crippen molar-refractivity contribution in [3.8, 4) is 0 Å². The zero-order valence-electron chi connectivity index (χ0n) is 10.5. The fourth-order valence-corrected chi connectivity index (χ4v) is 2.10. The van der Waals surface area contributed by atoms with E-state index in [4.69, 9.17) is 11.6 Å². The number of halogens is 1. The molecule has 1 heterocycles. The molecular formula is C14H17ClN2. The molecule has 1 N–H and O–H groups in total. The largest absolute Gasteiger partial charge is 0.370 e. The molecule has 0 aliphatic rings. The summed E-state index contributed by atoms with van der Waals surface area (Å²) in [5, 5.41) is 5.23. The SMILES string of the molecule is CCNc1nc2cc(Cl)c(C)cc2cc1CC. The van der Waals surface area contributed by atoms with Gasteiger partial charge in [-0.15, -0.1) is 0 Å². The van der Waals surface area contributed by atoms with Crippen molar-refractivity contribution in [2.24, 2.45) is 0 Å². The molecule has 2 rings (SSSR count). The van der Waals surface area contributed by atoms with E-state index in [1.807, 2.05) is 13.0 Å². The van der Waals surface area contributed by atoms with Gasteiger partial charge in [-0.1, -0.05) is 18.5 Å². The summed E-state index contributed by atoms with van der Waals surface area (Å²) in [5.41, 5.74) is 3.30. The van der Waals surface area contributed by atoms with Gasteiger partial charge < -0.3 is 5.32 Å². The Kier molecular flexibility index (Phi) is 3.53. The second kappa shape index (κ2) is 4.92. The molecule has 0 bridgehead atoms. The number of hydrogen-bond acceptors (Lipinski definition) is 2. The standard InChI is InChI=1S/C14H17ClN2/c1-4-10-7-11-6-9(3)12(15)8-13(11)17-14(10)16-5-2/h6-8H,4-5H2,1-3H3,(H,16,17). The maximum atomic E-state index is 6.13. The Labute approximate surface area is 107 Å². The first-order valence-electron chi connectivity index (χ1n) is 5.99. The lowest BCUT2D eigenvalue weighted by Gasteiger charge is -2.11. The van der Waals surface area contributed by atoms with E-state index in [-0.39, 0.29) is 0 Å². The quantitative estimate of drug-likeness (QED) is 0.881. The maximum absolute atomic E-state index is 6.13. The Morgan fingerprint density at radius 3 is 2.65 bits per heavy atom. The van der Waals surface area contributed by atoms with Crippen LogP contribution in [0.2, 0.25) is 5.02 Å². The van der Waals surface area contributed by atoms with Crippen molar-refractivity contribution in [2.75, 3.05) is 11.9 Å². The van der Waals surface area contributed by atoms with E-state index in [9.17, 15) is 0 Å². The summed E-state index contributed by atoms with van der Waals surface area (Å²) in [4.78, 5) is 4.64. The van der Waals surface area contributed by atoms with E-state index in [2.05, 4.69) is 36.3 Å². The molecule has 0 spiro atoms. The first-order chi connectivity index (χ1) is 8.15. The van der Waals surface area contributed by atoms with Gasteiger partial charge in [0.25, 0.3) is 0 Å². The summed E-state index contributed by atoms with van der Waals surface area (Å²) in [5.74, 6) is 0.974. The van der Waals surface area contributed by atoms with Crippen LogP contribution in [0.1, 0.15) is 25.0 Å². The van der Waals surface area contributed by atoms with Crippen molar-refractivity contribution in [1.82, 2.24) is 4.98 Å². The van der Waals surface area contributed by atoms with Crippen molar-refractivity contribution in [1.29, 1.82) is 0 Å². The predicted molar refractivity (Wildman–Crippen MR) is 75.0 cm³/mol. The molecule has 0 atom stereocenters. The third-order valence-electron chi connectivity index (χ3n) is 2.90. The van der Waals surface area contributed by atoms with Crippen LogP contribution in [0.15, 0.2) is 18.2 Å². The van der Waals surface area contributed by atoms with Crippen LogP contribution in [0, 0.1) is 6.92 Å². The molecule has 0 fully saturated rings. The molecule has 0 radical (unpaired) electrons. The Hall–Kier alpha value is -1.28. The number of nitrogens with one attached hydrogen (secondary N) is 1. The Morgan fingerprint density at radius 1 is 1.24 bits per heavy atom. The molecule has 0 aliphatic heterocycles. The first-order valence-corrected chi connectivity index (χ1v) is 6.37. The maximum Gasteiger partial charge on any atom is 0.129 e. The monoisotopic (exact) mass is 248 g/mol. The second-order valence-electron chi connectivity index (χ2n) is 4.17. The Bertz CT molecular complexity index is 549. The fourth-order valence-electron chi connectivity index (χ4n) is 1.94. The van der Waals surface area contributed by atoms with Gasteiger partial charge in [-0.3, -0.25) is 0 Å². The molecule has 0 saturated carbocycles. The number of rotatable bonds is 3. The zero-order chi connectivity index (χ0) is 12.4. The number of aryl methyl sites for hydroxylation is 2. The first kappa shape index (κ1) is 12.2. The lowest BCUT2D eigenvalue weighted by molar-refractivity contribution is 1.08. The van der Waals surface area contributed by atoms with Gasteiger partial charge in [0.15, 0.2) is 0 Å². The zero-order valence-corrected chi connectivity index (χ0v) is 11.2. The summed E-state index contributed by atoms with van der Waals surface area (Å²) >= 11 is 6.13. The normalized spacial score (nSPS) is 10.8. The summed E-state index contributed by atoms with van der Waals surface area (Å²) in [6.07, 6.45) is 0.979. The minimum absolute atomic E-state index is 0.775. The molecule has 1 aromatic carbocycles.